The van der Waals surface area contributed by atoms with E-state index in [1.165, 1.54) is 44.5 Å². The second kappa shape index (κ2) is 14.3. The molecule has 0 atom stereocenters. The summed E-state index contributed by atoms with van der Waals surface area (Å²) in [5.74, 6) is 1.69. The summed E-state index contributed by atoms with van der Waals surface area (Å²) in [5.41, 5.74) is 19.0. The van der Waals surface area contributed by atoms with Gasteiger partial charge in [-0.3, -0.25) is 9.97 Å². The topological polar surface area (TPSA) is 90.7 Å². The SMILES string of the molecule is c1ccc(-c2nc(-c3cc(-c4cccnc4)cc(-c4cccnc4)c3)nc(-c3ccc4oc5ccc6c(c5c4c3)C3(c4ccccc4-c4ccccc43)c3cc4oc5ccccc5c4cc3-6)n2)cc1. The number of furan rings is 2. The third-order valence-corrected chi connectivity index (χ3v) is 14.3. The fraction of sp³-hybridized carbons (Fsp3) is 0.0161. The normalized spacial score (nSPS) is 13.0. The number of hydrogen-bond acceptors (Lipinski definition) is 7. The molecule has 320 valence electrons. The number of benzene rings is 8. The Bertz CT molecular complexity index is 4150. The number of rotatable bonds is 5. The maximum atomic E-state index is 6.88. The minimum absolute atomic E-state index is 0.554. The number of nitrogens with zero attached hydrogens (tertiary/aromatic N) is 5. The Morgan fingerprint density at radius 2 is 0.899 bits per heavy atom. The maximum absolute atomic E-state index is 6.88. The summed E-state index contributed by atoms with van der Waals surface area (Å²) >= 11 is 0. The molecule has 8 aromatic carbocycles. The van der Waals surface area contributed by atoms with Crippen molar-refractivity contribution in [1.29, 1.82) is 0 Å². The quantitative estimate of drug-likeness (QED) is 0.170. The standard InChI is InChI=1S/C62H35N5O2/c1-2-12-36(13-3-1)59-65-60(67-61(66-59)42-29-40(38-14-10-26-63-34-38)28-41(30-42)39-15-11-27-64-35-39)37-22-24-54-49(31-37)57-55(68-54)25-23-46-47-32-48-45-18-6-9-21-53(45)69-56(48)33-52(47)62(58(46)57)50-19-7-4-16-43(50)44-17-5-8-20-51(44)62/h1-35H. The van der Waals surface area contributed by atoms with E-state index in [-0.39, 0.29) is 0 Å². The third kappa shape index (κ3) is 5.47. The summed E-state index contributed by atoms with van der Waals surface area (Å²) in [6.07, 6.45) is 7.34. The average molecular weight is 882 g/mol. The predicted molar refractivity (Wildman–Crippen MR) is 273 cm³/mol. The number of fused-ring (bicyclic) bond motifs is 17. The molecular weight excluding hydrogens is 847 g/mol. The third-order valence-electron chi connectivity index (χ3n) is 14.3. The Morgan fingerprint density at radius 3 is 1.61 bits per heavy atom. The smallest absolute Gasteiger partial charge is 0.164 e. The first-order valence-electron chi connectivity index (χ1n) is 23.1. The molecule has 0 aliphatic heterocycles. The summed E-state index contributed by atoms with van der Waals surface area (Å²) in [7, 11) is 0. The lowest BCUT2D eigenvalue weighted by molar-refractivity contribution is 0.666. The Hall–Kier alpha value is -9.33. The van der Waals surface area contributed by atoms with Crippen LogP contribution in [-0.2, 0) is 5.41 Å². The molecule has 0 fully saturated rings. The lowest BCUT2D eigenvalue weighted by Crippen LogP contribution is -2.26. The largest absolute Gasteiger partial charge is 0.456 e. The van der Waals surface area contributed by atoms with Crippen LogP contribution in [0.3, 0.4) is 0 Å². The van der Waals surface area contributed by atoms with Crippen LogP contribution in [0, 0.1) is 0 Å². The average Bonchev–Trinajstić information content (AvgIpc) is 4.15. The highest BCUT2D eigenvalue weighted by molar-refractivity contribution is 6.16. The molecule has 69 heavy (non-hydrogen) atoms. The van der Waals surface area contributed by atoms with Gasteiger partial charge in [-0.05, 0) is 128 Å². The van der Waals surface area contributed by atoms with Crippen LogP contribution in [0.15, 0.2) is 222 Å². The fourth-order valence-electron chi connectivity index (χ4n) is 11.4. The zero-order chi connectivity index (χ0) is 45.2. The van der Waals surface area contributed by atoms with E-state index in [0.29, 0.717) is 17.5 Å². The summed E-state index contributed by atoms with van der Waals surface area (Å²) in [6.45, 7) is 0. The molecule has 0 N–H and O–H groups in total. The van der Waals surface area contributed by atoms with Gasteiger partial charge in [-0.25, -0.2) is 15.0 Å². The van der Waals surface area contributed by atoms with Gasteiger partial charge in [-0.1, -0.05) is 115 Å². The summed E-state index contributed by atoms with van der Waals surface area (Å²) in [6, 6.07) is 66.1. The maximum Gasteiger partial charge on any atom is 0.164 e. The minimum Gasteiger partial charge on any atom is -0.456 e. The van der Waals surface area contributed by atoms with Crippen LogP contribution in [0.1, 0.15) is 22.3 Å². The lowest BCUT2D eigenvalue weighted by atomic mass is 9.69. The minimum atomic E-state index is -0.663. The van der Waals surface area contributed by atoms with Gasteiger partial charge in [0.2, 0.25) is 0 Å². The van der Waals surface area contributed by atoms with E-state index in [4.69, 9.17) is 23.8 Å². The Labute approximate surface area is 395 Å². The van der Waals surface area contributed by atoms with Crippen LogP contribution in [0.5, 0.6) is 0 Å². The van der Waals surface area contributed by atoms with E-state index in [2.05, 4.69) is 149 Å². The molecule has 0 unspecified atom stereocenters. The molecule has 13 aromatic rings. The van der Waals surface area contributed by atoms with Gasteiger partial charge in [0.05, 0.1) is 5.41 Å². The van der Waals surface area contributed by atoms with Crippen LogP contribution < -0.4 is 0 Å². The highest BCUT2D eigenvalue weighted by Gasteiger charge is 2.53. The van der Waals surface area contributed by atoms with Gasteiger partial charge in [-0.15, -0.1) is 0 Å². The van der Waals surface area contributed by atoms with Crippen molar-refractivity contribution in [3.8, 4) is 78.7 Å². The molecule has 0 bridgehead atoms. The first-order valence-corrected chi connectivity index (χ1v) is 23.1. The second-order valence-corrected chi connectivity index (χ2v) is 18.0. The van der Waals surface area contributed by atoms with Gasteiger partial charge in [0, 0.05) is 74.1 Å². The van der Waals surface area contributed by atoms with E-state index in [0.717, 1.165) is 82.8 Å². The van der Waals surface area contributed by atoms with Crippen molar-refractivity contribution in [2.24, 2.45) is 0 Å². The number of aromatic nitrogens is 5. The number of hydrogen-bond donors (Lipinski definition) is 0. The van der Waals surface area contributed by atoms with E-state index in [1.807, 2.05) is 60.9 Å². The molecule has 0 saturated carbocycles. The van der Waals surface area contributed by atoms with Crippen molar-refractivity contribution in [3.63, 3.8) is 0 Å². The molecule has 7 heteroatoms. The van der Waals surface area contributed by atoms with Gasteiger partial charge in [0.25, 0.3) is 0 Å². The van der Waals surface area contributed by atoms with Crippen LogP contribution in [-0.4, -0.2) is 24.9 Å². The van der Waals surface area contributed by atoms with Gasteiger partial charge in [-0.2, -0.15) is 0 Å². The van der Waals surface area contributed by atoms with Crippen molar-refractivity contribution in [1.82, 2.24) is 24.9 Å². The molecule has 1 spiro atoms. The summed E-state index contributed by atoms with van der Waals surface area (Å²) < 4.78 is 13.5. The van der Waals surface area contributed by atoms with Crippen LogP contribution in [0.2, 0.25) is 0 Å². The zero-order valence-electron chi connectivity index (χ0n) is 36.8. The highest BCUT2D eigenvalue weighted by Crippen LogP contribution is 2.65. The van der Waals surface area contributed by atoms with Crippen LogP contribution in [0.4, 0.5) is 0 Å². The molecule has 5 aromatic heterocycles. The molecular formula is C62H35N5O2. The van der Waals surface area contributed by atoms with Crippen molar-refractivity contribution in [2.45, 2.75) is 5.41 Å². The van der Waals surface area contributed by atoms with Crippen molar-refractivity contribution >= 4 is 43.9 Å². The molecule has 0 radical (unpaired) electrons. The monoisotopic (exact) mass is 881 g/mol. The van der Waals surface area contributed by atoms with Crippen LogP contribution in [0.25, 0.3) is 123 Å². The Morgan fingerprint density at radius 1 is 0.319 bits per heavy atom. The first-order chi connectivity index (χ1) is 34.2. The Balaban J connectivity index is 0.994. The summed E-state index contributed by atoms with van der Waals surface area (Å²) in [4.78, 5) is 24.7. The molecule has 2 aliphatic carbocycles. The predicted octanol–water partition coefficient (Wildman–Crippen LogP) is 15.1. The molecule has 7 nitrogen and oxygen atoms in total. The van der Waals surface area contributed by atoms with Crippen LogP contribution >= 0.6 is 0 Å². The second-order valence-electron chi connectivity index (χ2n) is 18.0. The zero-order valence-corrected chi connectivity index (χ0v) is 36.8. The molecule has 2 aliphatic rings. The Kier molecular flexibility index (Phi) is 7.86. The van der Waals surface area contributed by atoms with Gasteiger partial charge >= 0.3 is 0 Å². The van der Waals surface area contributed by atoms with Crippen molar-refractivity contribution in [2.75, 3.05) is 0 Å². The van der Waals surface area contributed by atoms with Gasteiger partial charge in [0.15, 0.2) is 17.5 Å². The first kappa shape index (κ1) is 37.8. The molecule has 0 amide bonds. The molecule has 5 heterocycles. The van der Waals surface area contributed by atoms with E-state index in [9.17, 15) is 0 Å². The van der Waals surface area contributed by atoms with E-state index in [1.54, 1.807) is 12.4 Å². The van der Waals surface area contributed by atoms with Gasteiger partial charge < -0.3 is 8.83 Å². The lowest BCUT2D eigenvalue weighted by Gasteiger charge is -2.31. The van der Waals surface area contributed by atoms with E-state index >= 15 is 0 Å². The van der Waals surface area contributed by atoms with Crippen molar-refractivity contribution < 1.29 is 8.83 Å². The molecule has 0 saturated heterocycles. The van der Waals surface area contributed by atoms with Gasteiger partial charge in [0.1, 0.15) is 22.3 Å². The molecule has 15 rings (SSSR count). The number of para-hydroxylation sites is 1. The number of pyridine rings is 2. The highest BCUT2D eigenvalue weighted by atomic mass is 16.3. The fourth-order valence-corrected chi connectivity index (χ4v) is 11.4. The van der Waals surface area contributed by atoms with E-state index < -0.39 is 5.41 Å². The van der Waals surface area contributed by atoms with Crippen molar-refractivity contribution in [3.05, 3.63) is 235 Å². The summed E-state index contributed by atoms with van der Waals surface area (Å²) in [5, 5.41) is 4.26.